The average molecular weight is 305 g/mol. The van der Waals surface area contributed by atoms with Gasteiger partial charge in [0.25, 0.3) is 0 Å². The summed E-state index contributed by atoms with van der Waals surface area (Å²) < 4.78 is 5.28. The summed E-state index contributed by atoms with van der Waals surface area (Å²) in [6, 6.07) is 4.44. The highest BCUT2D eigenvalue weighted by molar-refractivity contribution is 5.76. The van der Waals surface area contributed by atoms with E-state index in [-0.39, 0.29) is 5.91 Å². The molecule has 5 heteroatoms. The van der Waals surface area contributed by atoms with E-state index in [1.54, 1.807) is 6.20 Å². The number of carbonyl (C=O) groups excluding carboxylic acids is 1. The molecule has 0 aliphatic carbocycles. The van der Waals surface area contributed by atoms with Crippen LogP contribution in [0.5, 0.6) is 0 Å². The van der Waals surface area contributed by atoms with E-state index >= 15 is 0 Å². The minimum absolute atomic E-state index is 0.258. The Bertz CT molecular complexity index is 444. The molecule has 0 saturated carbocycles. The fourth-order valence-corrected chi connectivity index (χ4v) is 2.82. The number of rotatable bonds is 7. The second kappa shape index (κ2) is 8.86. The SMILES string of the molecule is CCOCCCC(=O)N1CCN(C(C)c2cccnc2)CC1. The molecule has 1 saturated heterocycles. The summed E-state index contributed by atoms with van der Waals surface area (Å²) in [5.74, 6) is 0.258. The number of amides is 1. The zero-order valence-electron chi connectivity index (χ0n) is 13.7. The molecule has 1 aliphatic rings. The molecule has 0 spiro atoms. The van der Waals surface area contributed by atoms with Gasteiger partial charge in [-0.05, 0) is 31.9 Å². The van der Waals surface area contributed by atoms with E-state index in [2.05, 4.69) is 22.9 Å². The van der Waals surface area contributed by atoms with Gasteiger partial charge in [-0.2, -0.15) is 0 Å². The summed E-state index contributed by atoms with van der Waals surface area (Å²) in [5.41, 5.74) is 1.24. The zero-order chi connectivity index (χ0) is 15.8. The molecule has 2 heterocycles. The van der Waals surface area contributed by atoms with E-state index in [4.69, 9.17) is 4.74 Å². The van der Waals surface area contributed by atoms with Crippen molar-refractivity contribution in [1.29, 1.82) is 0 Å². The molecule has 0 aromatic carbocycles. The van der Waals surface area contributed by atoms with Crippen LogP contribution in [0.1, 0.15) is 38.3 Å². The maximum absolute atomic E-state index is 12.1. The number of pyridine rings is 1. The lowest BCUT2D eigenvalue weighted by Gasteiger charge is -2.38. The van der Waals surface area contributed by atoms with Crippen LogP contribution in [-0.2, 0) is 9.53 Å². The van der Waals surface area contributed by atoms with Gasteiger partial charge >= 0.3 is 0 Å². The maximum Gasteiger partial charge on any atom is 0.222 e. The molecule has 22 heavy (non-hydrogen) atoms. The fourth-order valence-electron chi connectivity index (χ4n) is 2.82. The highest BCUT2D eigenvalue weighted by atomic mass is 16.5. The van der Waals surface area contributed by atoms with Crippen LogP contribution in [0.15, 0.2) is 24.5 Å². The third-order valence-electron chi connectivity index (χ3n) is 4.26. The first-order valence-electron chi connectivity index (χ1n) is 8.22. The Labute approximate surface area is 133 Å². The second-order valence-corrected chi connectivity index (χ2v) is 5.68. The molecule has 1 fully saturated rings. The van der Waals surface area contributed by atoms with Crippen molar-refractivity contribution in [2.45, 2.75) is 32.7 Å². The number of carbonyl (C=O) groups is 1. The zero-order valence-corrected chi connectivity index (χ0v) is 13.7. The summed E-state index contributed by atoms with van der Waals surface area (Å²) in [7, 11) is 0. The lowest BCUT2D eigenvalue weighted by atomic mass is 10.1. The summed E-state index contributed by atoms with van der Waals surface area (Å²) in [6.45, 7) is 9.07. The van der Waals surface area contributed by atoms with E-state index < -0.39 is 0 Å². The van der Waals surface area contributed by atoms with Crippen LogP contribution in [0.3, 0.4) is 0 Å². The van der Waals surface area contributed by atoms with Crippen LogP contribution < -0.4 is 0 Å². The lowest BCUT2D eigenvalue weighted by molar-refractivity contribution is -0.133. The van der Waals surface area contributed by atoms with Crippen LogP contribution in [0.2, 0.25) is 0 Å². The van der Waals surface area contributed by atoms with Gasteiger partial charge in [-0.1, -0.05) is 6.07 Å². The average Bonchev–Trinajstić information content (AvgIpc) is 2.59. The number of piperazine rings is 1. The highest BCUT2D eigenvalue weighted by Crippen LogP contribution is 2.20. The predicted molar refractivity (Wildman–Crippen MR) is 86.5 cm³/mol. The quantitative estimate of drug-likeness (QED) is 0.724. The van der Waals surface area contributed by atoms with E-state index in [0.717, 1.165) is 39.2 Å². The third kappa shape index (κ3) is 4.78. The molecular weight excluding hydrogens is 278 g/mol. The number of hydrogen-bond acceptors (Lipinski definition) is 4. The Hall–Kier alpha value is -1.46. The first-order valence-corrected chi connectivity index (χ1v) is 8.22. The molecule has 1 atom stereocenters. The van der Waals surface area contributed by atoms with Crippen LogP contribution in [0, 0.1) is 0 Å². The molecule has 1 aromatic heterocycles. The molecule has 0 radical (unpaired) electrons. The normalized spacial score (nSPS) is 17.5. The number of nitrogens with zero attached hydrogens (tertiary/aromatic N) is 3. The minimum atomic E-state index is 0.258. The minimum Gasteiger partial charge on any atom is -0.382 e. The summed E-state index contributed by atoms with van der Waals surface area (Å²) in [5, 5.41) is 0. The molecular formula is C17H27N3O2. The topological polar surface area (TPSA) is 45.7 Å². The Balaban J connectivity index is 1.74. The number of hydrogen-bond donors (Lipinski definition) is 0. The predicted octanol–water partition coefficient (Wildman–Crippen LogP) is 2.10. The molecule has 1 amide bonds. The van der Waals surface area contributed by atoms with Crippen molar-refractivity contribution in [3.05, 3.63) is 30.1 Å². The summed E-state index contributed by atoms with van der Waals surface area (Å²) in [6.07, 6.45) is 5.14. The van der Waals surface area contributed by atoms with Crippen molar-refractivity contribution in [1.82, 2.24) is 14.8 Å². The van der Waals surface area contributed by atoms with E-state index in [9.17, 15) is 4.79 Å². The maximum atomic E-state index is 12.1. The first-order chi connectivity index (χ1) is 10.7. The standard InChI is InChI=1S/C17H27N3O2/c1-3-22-13-5-7-17(21)20-11-9-19(10-12-20)15(2)16-6-4-8-18-14-16/h4,6,8,14-15H,3,5,7,9-13H2,1-2H3. The van der Waals surface area contributed by atoms with Gasteiger partial charge in [-0.3, -0.25) is 14.7 Å². The second-order valence-electron chi connectivity index (χ2n) is 5.68. The van der Waals surface area contributed by atoms with Crippen molar-refractivity contribution in [2.24, 2.45) is 0 Å². The summed E-state index contributed by atoms with van der Waals surface area (Å²) in [4.78, 5) is 20.7. The summed E-state index contributed by atoms with van der Waals surface area (Å²) >= 11 is 0. The Morgan fingerprint density at radius 1 is 1.36 bits per heavy atom. The van der Waals surface area contributed by atoms with Crippen molar-refractivity contribution in [2.75, 3.05) is 39.4 Å². The van der Waals surface area contributed by atoms with Gasteiger partial charge in [-0.25, -0.2) is 0 Å². The lowest BCUT2D eigenvalue weighted by Crippen LogP contribution is -2.49. The fraction of sp³-hybridized carbons (Fsp3) is 0.647. The highest BCUT2D eigenvalue weighted by Gasteiger charge is 2.24. The Morgan fingerprint density at radius 2 is 2.14 bits per heavy atom. The molecule has 0 bridgehead atoms. The van der Waals surface area contributed by atoms with Gasteiger partial charge < -0.3 is 9.64 Å². The Kier molecular flexibility index (Phi) is 6.80. The van der Waals surface area contributed by atoms with Crippen molar-refractivity contribution >= 4 is 5.91 Å². The van der Waals surface area contributed by atoms with Gasteiger partial charge in [0.15, 0.2) is 0 Å². The van der Waals surface area contributed by atoms with Gasteiger partial charge in [-0.15, -0.1) is 0 Å². The van der Waals surface area contributed by atoms with E-state index in [1.165, 1.54) is 5.56 Å². The first kappa shape index (κ1) is 16.9. The molecule has 0 N–H and O–H groups in total. The smallest absolute Gasteiger partial charge is 0.222 e. The van der Waals surface area contributed by atoms with Crippen molar-refractivity contribution in [3.8, 4) is 0 Å². The van der Waals surface area contributed by atoms with E-state index in [1.807, 2.05) is 24.1 Å². The largest absolute Gasteiger partial charge is 0.382 e. The molecule has 1 aliphatic heterocycles. The van der Waals surface area contributed by atoms with Gasteiger partial charge in [0.2, 0.25) is 5.91 Å². The Morgan fingerprint density at radius 3 is 2.77 bits per heavy atom. The van der Waals surface area contributed by atoms with Crippen LogP contribution in [0.25, 0.3) is 0 Å². The molecule has 5 nitrogen and oxygen atoms in total. The molecule has 1 aromatic rings. The van der Waals surface area contributed by atoms with E-state index in [0.29, 0.717) is 19.1 Å². The van der Waals surface area contributed by atoms with Crippen LogP contribution >= 0.6 is 0 Å². The van der Waals surface area contributed by atoms with Crippen LogP contribution in [-0.4, -0.2) is 60.1 Å². The van der Waals surface area contributed by atoms with Gasteiger partial charge in [0.1, 0.15) is 0 Å². The van der Waals surface area contributed by atoms with Gasteiger partial charge in [0.05, 0.1) is 0 Å². The molecule has 122 valence electrons. The van der Waals surface area contributed by atoms with Gasteiger partial charge in [0, 0.05) is 64.2 Å². The monoisotopic (exact) mass is 305 g/mol. The number of ether oxygens (including phenoxy) is 1. The van der Waals surface area contributed by atoms with Crippen molar-refractivity contribution < 1.29 is 9.53 Å². The van der Waals surface area contributed by atoms with Crippen LogP contribution in [0.4, 0.5) is 0 Å². The molecule has 1 unspecified atom stereocenters. The molecule has 2 rings (SSSR count). The number of aromatic nitrogens is 1. The third-order valence-corrected chi connectivity index (χ3v) is 4.26. The van der Waals surface area contributed by atoms with Crippen molar-refractivity contribution in [3.63, 3.8) is 0 Å².